The summed E-state index contributed by atoms with van der Waals surface area (Å²) in [6.45, 7) is 2.15. The van der Waals surface area contributed by atoms with Crippen molar-refractivity contribution >= 4 is 5.97 Å². The lowest BCUT2D eigenvalue weighted by Crippen LogP contribution is -2.16. The SMILES string of the molecule is CCC(=O)OCC1CC=CO1. The molecule has 0 spiro atoms. The Morgan fingerprint density at radius 2 is 2.64 bits per heavy atom. The normalized spacial score (nSPS) is 21.4. The minimum atomic E-state index is -0.166. The van der Waals surface area contributed by atoms with Crippen LogP contribution in [0.1, 0.15) is 19.8 Å². The molecule has 1 aliphatic heterocycles. The van der Waals surface area contributed by atoms with Crippen LogP contribution < -0.4 is 0 Å². The Balaban J connectivity index is 2.07. The number of ether oxygens (including phenoxy) is 2. The minimum absolute atomic E-state index is 0.0468. The first-order chi connectivity index (χ1) is 5.33. The Kier molecular flexibility index (Phi) is 2.95. The highest BCUT2D eigenvalue weighted by molar-refractivity contribution is 5.68. The molecule has 0 amide bonds. The first-order valence-electron chi connectivity index (χ1n) is 3.79. The summed E-state index contributed by atoms with van der Waals surface area (Å²) in [5.74, 6) is -0.166. The van der Waals surface area contributed by atoms with Crippen LogP contribution in [0.15, 0.2) is 12.3 Å². The van der Waals surface area contributed by atoms with E-state index in [9.17, 15) is 4.79 Å². The number of carbonyl (C=O) groups excluding carboxylic acids is 1. The zero-order valence-corrected chi connectivity index (χ0v) is 6.58. The van der Waals surface area contributed by atoms with Gasteiger partial charge in [0.15, 0.2) is 0 Å². The van der Waals surface area contributed by atoms with Crippen molar-refractivity contribution in [2.45, 2.75) is 25.9 Å². The van der Waals surface area contributed by atoms with E-state index in [0.29, 0.717) is 13.0 Å². The molecule has 1 heterocycles. The van der Waals surface area contributed by atoms with Crippen molar-refractivity contribution in [1.29, 1.82) is 0 Å². The summed E-state index contributed by atoms with van der Waals surface area (Å²) in [5.41, 5.74) is 0. The fraction of sp³-hybridized carbons (Fsp3) is 0.625. The molecule has 3 heteroatoms. The van der Waals surface area contributed by atoms with Gasteiger partial charge in [-0.3, -0.25) is 4.79 Å². The van der Waals surface area contributed by atoms with Crippen molar-refractivity contribution in [3.63, 3.8) is 0 Å². The maximum Gasteiger partial charge on any atom is 0.305 e. The molecule has 11 heavy (non-hydrogen) atoms. The summed E-state index contributed by atoms with van der Waals surface area (Å²) < 4.78 is 9.96. The van der Waals surface area contributed by atoms with E-state index in [0.717, 1.165) is 6.42 Å². The van der Waals surface area contributed by atoms with Crippen molar-refractivity contribution < 1.29 is 14.3 Å². The quantitative estimate of drug-likeness (QED) is 0.577. The molecule has 62 valence electrons. The van der Waals surface area contributed by atoms with Crippen LogP contribution in [0.2, 0.25) is 0 Å². The molecular weight excluding hydrogens is 144 g/mol. The molecule has 3 nitrogen and oxygen atoms in total. The zero-order valence-electron chi connectivity index (χ0n) is 6.58. The van der Waals surface area contributed by atoms with Crippen LogP contribution in [0.4, 0.5) is 0 Å². The Morgan fingerprint density at radius 3 is 3.18 bits per heavy atom. The molecule has 0 aromatic rings. The van der Waals surface area contributed by atoms with Crippen molar-refractivity contribution in [2.75, 3.05) is 6.61 Å². The minimum Gasteiger partial charge on any atom is -0.494 e. The number of carbonyl (C=O) groups is 1. The van der Waals surface area contributed by atoms with Crippen LogP contribution in [-0.2, 0) is 14.3 Å². The molecular formula is C8H12O3. The van der Waals surface area contributed by atoms with Crippen molar-refractivity contribution in [3.8, 4) is 0 Å². The summed E-state index contributed by atoms with van der Waals surface area (Å²) in [6, 6.07) is 0. The van der Waals surface area contributed by atoms with Gasteiger partial charge in [0.2, 0.25) is 0 Å². The predicted molar refractivity (Wildman–Crippen MR) is 39.9 cm³/mol. The Hall–Kier alpha value is -0.990. The van der Waals surface area contributed by atoms with E-state index in [1.807, 2.05) is 6.08 Å². The lowest BCUT2D eigenvalue weighted by atomic mass is 10.3. The second-order valence-corrected chi connectivity index (χ2v) is 2.40. The molecule has 0 saturated heterocycles. The standard InChI is InChI=1S/C8H12O3/c1-2-8(9)11-6-7-4-3-5-10-7/h3,5,7H,2,4,6H2,1H3. The first kappa shape index (κ1) is 8.11. The number of hydrogen-bond donors (Lipinski definition) is 0. The van der Waals surface area contributed by atoms with E-state index in [1.54, 1.807) is 13.2 Å². The zero-order chi connectivity index (χ0) is 8.10. The van der Waals surface area contributed by atoms with Gasteiger partial charge >= 0.3 is 5.97 Å². The maximum absolute atomic E-state index is 10.7. The molecule has 0 radical (unpaired) electrons. The van der Waals surface area contributed by atoms with Crippen LogP contribution in [0.25, 0.3) is 0 Å². The van der Waals surface area contributed by atoms with Gasteiger partial charge in [0.05, 0.1) is 6.26 Å². The van der Waals surface area contributed by atoms with E-state index >= 15 is 0 Å². The van der Waals surface area contributed by atoms with Gasteiger partial charge in [0.25, 0.3) is 0 Å². The van der Waals surface area contributed by atoms with E-state index in [4.69, 9.17) is 9.47 Å². The molecule has 1 rings (SSSR count). The van der Waals surface area contributed by atoms with Crippen molar-refractivity contribution in [1.82, 2.24) is 0 Å². The van der Waals surface area contributed by atoms with Crippen molar-refractivity contribution in [2.24, 2.45) is 0 Å². The monoisotopic (exact) mass is 156 g/mol. The van der Waals surface area contributed by atoms with Gasteiger partial charge in [-0.05, 0) is 6.08 Å². The van der Waals surface area contributed by atoms with Crippen LogP contribution in [0.3, 0.4) is 0 Å². The topological polar surface area (TPSA) is 35.5 Å². The van der Waals surface area contributed by atoms with Gasteiger partial charge in [0, 0.05) is 12.8 Å². The van der Waals surface area contributed by atoms with E-state index in [2.05, 4.69) is 0 Å². The van der Waals surface area contributed by atoms with Crippen LogP contribution in [-0.4, -0.2) is 18.7 Å². The summed E-state index contributed by atoms with van der Waals surface area (Å²) in [7, 11) is 0. The number of hydrogen-bond acceptors (Lipinski definition) is 3. The highest BCUT2D eigenvalue weighted by atomic mass is 16.6. The fourth-order valence-corrected chi connectivity index (χ4v) is 0.825. The van der Waals surface area contributed by atoms with E-state index < -0.39 is 0 Å². The molecule has 0 aliphatic carbocycles. The summed E-state index contributed by atoms with van der Waals surface area (Å²) >= 11 is 0. The number of esters is 1. The van der Waals surface area contributed by atoms with Crippen LogP contribution >= 0.6 is 0 Å². The molecule has 0 aromatic heterocycles. The second-order valence-electron chi connectivity index (χ2n) is 2.40. The Bertz CT molecular complexity index is 155. The molecule has 1 unspecified atom stereocenters. The van der Waals surface area contributed by atoms with Gasteiger partial charge < -0.3 is 9.47 Å². The molecule has 0 N–H and O–H groups in total. The van der Waals surface area contributed by atoms with Gasteiger partial charge in [0.1, 0.15) is 12.7 Å². The van der Waals surface area contributed by atoms with Gasteiger partial charge in [-0.15, -0.1) is 0 Å². The summed E-state index contributed by atoms with van der Waals surface area (Å²) in [4.78, 5) is 10.7. The third-order valence-electron chi connectivity index (χ3n) is 1.49. The third-order valence-corrected chi connectivity index (χ3v) is 1.49. The smallest absolute Gasteiger partial charge is 0.305 e. The first-order valence-corrected chi connectivity index (χ1v) is 3.79. The lowest BCUT2D eigenvalue weighted by Gasteiger charge is -2.09. The van der Waals surface area contributed by atoms with Crippen LogP contribution in [0, 0.1) is 0 Å². The molecule has 1 atom stereocenters. The van der Waals surface area contributed by atoms with Crippen molar-refractivity contribution in [3.05, 3.63) is 12.3 Å². The fourth-order valence-electron chi connectivity index (χ4n) is 0.825. The molecule has 0 bridgehead atoms. The molecule has 0 aromatic carbocycles. The highest BCUT2D eigenvalue weighted by Gasteiger charge is 2.12. The lowest BCUT2D eigenvalue weighted by molar-refractivity contribution is -0.145. The van der Waals surface area contributed by atoms with E-state index in [1.165, 1.54) is 0 Å². The Labute approximate surface area is 66.0 Å². The second kappa shape index (κ2) is 4.01. The predicted octanol–water partition coefficient (Wildman–Crippen LogP) is 1.24. The summed E-state index contributed by atoms with van der Waals surface area (Å²) in [5, 5.41) is 0. The Morgan fingerprint density at radius 1 is 1.82 bits per heavy atom. The molecule has 0 saturated carbocycles. The average molecular weight is 156 g/mol. The third kappa shape index (κ3) is 2.62. The molecule has 0 fully saturated rings. The number of rotatable bonds is 3. The van der Waals surface area contributed by atoms with Gasteiger partial charge in [-0.1, -0.05) is 6.92 Å². The molecule has 1 aliphatic rings. The van der Waals surface area contributed by atoms with Gasteiger partial charge in [-0.25, -0.2) is 0 Å². The summed E-state index contributed by atoms with van der Waals surface area (Å²) in [6.07, 6.45) is 4.89. The average Bonchev–Trinajstić information content (AvgIpc) is 2.52. The van der Waals surface area contributed by atoms with E-state index in [-0.39, 0.29) is 12.1 Å². The van der Waals surface area contributed by atoms with Crippen LogP contribution in [0.5, 0.6) is 0 Å². The highest BCUT2D eigenvalue weighted by Crippen LogP contribution is 2.08. The maximum atomic E-state index is 10.7. The largest absolute Gasteiger partial charge is 0.494 e. The van der Waals surface area contributed by atoms with Gasteiger partial charge in [-0.2, -0.15) is 0 Å².